The van der Waals surface area contributed by atoms with Gasteiger partial charge in [-0.2, -0.15) is 0 Å². The van der Waals surface area contributed by atoms with E-state index in [1.165, 1.54) is 18.3 Å². The first-order chi connectivity index (χ1) is 14.0. The van der Waals surface area contributed by atoms with Gasteiger partial charge in [-0.25, -0.2) is 9.97 Å². The number of thiazole rings is 1. The zero-order chi connectivity index (χ0) is 21.8. The van der Waals surface area contributed by atoms with Crippen LogP contribution in [0.3, 0.4) is 0 Å². The molecule has 1 unspecified atom stereocenters. The number of anilines is 1. The van der Waals surface area contributed by atoms with Crippen LogP contribution in [0.4, 0.5) is 5.13 Å². The van der Waals surface area contributed by atoms with Crippen molar-refractivity contribution in [2.45, 2.75) is 46.2 Å². The first kappa shape index (κ1) is 14.6. The van der Waals surface area contributed by atoms with Gasteiger partial charge >= 0.3 is 0 Å². The number of methoxy groups -OCH3 is 1. The molecule has 1 aliphatic carbocycles. The third-order valence-corrected chi connectivity index (χ3v) is 6.18. The van der Waals surface area contributed by atoms with Crippen LogP contribution in [0.1, 0.15) is 52.4 Å². The minimum Gasteiger partial charge on any atom is -0.480 e. The molecular formula is C19H22N4O3S. The van der Waals surface area contributed by atoms with Crippen LogP contribution in [-0.2, 0) is 11.3 Å². The van der Waals surface area contributed by atoms with Crippen molar-refractivity contribution in [2.75, 3.05) is 12.4 Å². The Morgan fingerprint density at radius 2 is 2.26 bits per heavy atom. The highest BCUT2D eigenvalue weighted by Crippen LogP contribution is 2.41. The second-order valence-corrected chi connectivity index (χ2v) is 8.07. The van der Waals surface area contributed by atoms with Crippen molar-refractivity contribution in [3.05, 3.63) is 22.9 Å². The van der Waals surface area contributed by atoms with E-state index in [-0.39, 0.29) is 29.3 Å². The van der Waals surface area contributed by atoms with Crippen molar-refractivity contribution >= 4 is 28.3 Å². The Kier molecular flexibility index (Phi) is 3.56. The highest BCUT2D eigenvalue weighted by Gasteiger charge is 2.40. The third-order valence-electron chi connectivity index (χ3n) is 5.09. The summed E-state index contributed by atoms with van der Waals surface area (Å²) in [6.07, 6.45) is 2.19. The number of aryl methyl sites for hydroxylation is 1. The molecule has 2 aromatic heterocycles. The quantitative estimate of drug-likeness (QED) is 0.849. The summed E-state index contributed by atoms with van der Waals surface area (Å²) in [6.45, 7) is 5.58. The molecule has 1 N–H and O–H groups in total. The van der Waals surface area contributed by atoms with E-state index in [1.807, 2.05) is 6.92 Å². The van der Waals surface area contributed by atoms with Gasteiger partial charge in [0, 0.05) is 19.5 Å². The van der Waals surface area contributed by atoms with Crippen molar-refractivity contribution in [1.29, 1.82) is 0 Å². The highest BCUT2D eigenvalue weighted by atomic mass is 32.1. The first-order valence-electron chi connectivity index (χ1n) is 10.3. The van der Waals surface area contributed by atoms with E-state index in [0.29, 0.717) is 39.4 Å². The van der Waals surface area contributed by atoms with E-state index in [4.69, 9.17) is 8.85 Å². The molecule has 1 atom stereocenters. The predicted octanol–water partition coefficient (Wildman–Crippen LogP) is 3.23. The molecule has 0 aromatic carbocycles. The molecular weight excluding hydrogens is 364 g/mol. The summed E-state index contributed by atoms with van der Waals surface area (Å²) in [5.41, 5.74) is 2.01. The average Bonchev–Trinajstić information content (AvgIpc) is 3.33. The topological polar surface area (TPSA) is 84.4 Å². The van der Waals surface area contributed by atoms with Crippen molar-refractivity contribution in [3.8, 4) is 16.5 Å². The summed E-state index contributed by atoms with van der Waals surface area (Å²) < 4.78 is 27.6. The molecule has 1 aliphatic heterocycles. The van der Waals surface area contributed by atoms with Gasteiger partial charge < -0.3 is 15.0 Å². The number of ether oxygens (including phenoxy) is 1. The molecule has 2 aliphatic rings. The van der Waals surface area contributed by atoms with Crippen LogP contribution in [0.5, 0.6) is 5.88 Å². The summed E-state index contributed by atoms with van der Waals surface area (Å²) in [7, 11) is -2.74. The van der Waals surface area contributed by atoms with E-state index in [2.05, 4.69) is 15.3 Å². The van der Waals surface area contributed by atoms with Crippen molar-refractivity contribution in [1.82, 2.24) is 14.9 Å². The van der Waals surface area contributed by atoms with Crippen LogP contribution in [0.2, 0.25) is 0 Å². The lowest BCUT2D eigenvalue weighted by Gasteiger charge is -2.23. The zero-order valence-electron chi connectivity index (χ0n) is 18.3. The van der Waals surface area contributed by atoms with Crippen molar-refractivity contribution in [3.63, 3.8) is 0 Å². The van der Waals surface area contributed by atoms with E-state index in [9.17, 15) is 9.59 Å². The maximum atomic E-state index is 13.1. The molecule has 27 heavy (non-hydrogen) atoms. The molecule has 142 valence electrons. The molecule has 0 bridgehead atoms. The number of aromatic nitrogens is 2. The summed E-state index contributed by atoms with van der Waals surface area (Å²) in [4.78, 5) is 35.6. The normalized spacial score (nSPS) is 19.1. The van der Waals surface area contributed by atoms with Gasteiger partial charge in [0.05, 0.1) is 27.4 Å². The van der Waals surface area contributed by atoms with Crippen LogP contribution >= 0.6 is 11.3 Å². The molecule has 7 nitrogen and oxygen atoms in total. The maximum Gasteiger partial charge on any atom is 0.260 e. The number of amides is 2. The second-order valence-electron chi connectivity index (χ2n) is 7.07. The molecule has 4 rings (SSSR count). The SMILES string of the molecule is [2H]C([2H])([2H])Oc1nc(-c2sc(NC(C)=O)nc2C)cc2c1C(=O)N(C(C)C1CC1)C2. The molecule has 0 radical (unpaired) electrons. The van der Waals surface area contributed by atoms with E-state index >= 15 is 0 Å². The fourth-order valence-corrected chi connectivity index (χ4v) is 4.49. The third kappa shape index (κ3) is 3.18. The van der Waals surface area contributed by atoms with Crippen LogP contribution in [0, 0.1) is 12.8 Å². The Hall–Kier alpha value is -2.48. The van der Waals surface area contributed by atoms with Gasteiger partial charge in [-0.05, 0) is 44.2 Å². The maximum absolute atomic E-state index is 13.1. The summed E-state index contributed by atoms with van der Waals surface area (Å²) in [5.74, 6) is -0.194. The number of fused-ring (bicyclic) bond motifs is 1. The molecule has 2 amide bonds. The van der Waals surface area contributed by atoms with Gasteiger partial charge in [0.15, 0.2) is 5.13 Å². The number of hydrogen-bond acceptors (Lipinski definition) is 6. The largest absolute Gasteiger partial charge is 0.480 e. The van der Waals surface area contributed by atoms with Gasteiger partial charge in [-0.3, -0.25) is 9.59 Å². The number of carbonyl (C=O) groups excluding carboxylic acids is 2. The summed E-state index contributed by atoms with van der Waals surface area (Å²) >= 11 is 1.24. The standard InChI is InChI=1S/C19H22N4O3S/c1-9-16(27-19(20-9)21-11(3)24)14-7-13-8-23(10(2)12-5-6-12)18(25)15(13)17(22-14)26-4/h7,10,12H,5-6,8H2,1-4H3,(H,20,21,24)/i4D3. The molecule has 0 spiro atoms. The number of nitrogens with zero attached hydrogens (tertiary/aromatic N) is 3. The van der Waals surface area contributed by atoms with Crippen LogP contribution < -0.4 is 10.1 Å². The lowest BCUT2D eigenvalue weighted by atomic mass is 10.1. The molecule has 0 saturated heterocycles. The van der Waals surface area contributed by atoms with Gasteiger partial charge in [0.2, 0.25) is 11.8 Å². The molecule has 8 heteroatoms. The predicted molar refractivity (Wildman–Crippen MR) is 103 cm³/mol. The molecule has 3 heterocycles. The van der Waals surface area contributed by atoms with Crippen LogP contribution in [0.15, 0.2) is 6.07 Å². The lowest BCUT2D eigenvalue weighted by Crippen LogP contribution is -2.34. The fourth-order valence-electron chi connectivity index (χ4n) is 3.51. The Bertz CT molecular complexity index is 1030. The molecule has 2 aromatic rings. The minimum atomic E-state index is -2.74. The van der Waals surface area contributed by atoms with Gasteiger partial charge in [-0.15, -0.1) is 0 Å². The fraction of sp³-hybridized carbons (Fsp3) is 0.474. The Morgan fingerprint density at radius 3 is 2.93 bits per heavy atom. The average molecular weight is 389 g/mol. The highest BCUT2D eigenvalue weighted by molar-refractivity contribution is 7.19. The Balaban J connectivity index is 1.77. The van der Waals surface area contributed by atoms with Crippen molar-refractivity contribution < 1.29 is 18.4 Å². The number of hydrogen-bond donors (Lipinski definition) is 1. The lowest BCUT2D eigenvalue weighted by molar-refractivity contribution is -0.114. The first-order valence-corrected chi connectivity index (χ1v) is 9.64. The van der Waals surface area contributed by atoms with Gasteiger partial charge in [-0.1, -0.05) is 11.3 Å². The smallest absolute Gasteiger partial charge is 0.260 e. The summed E-state index contributed by atoms with van der Waals surface area (Å²) in [6, 6.07) is 1.86. The number of nitrogens with one attached hydrogen (secondary N) is 1. The Morgan fingerprint density at radius 1 is 1.48 bits per heavy atom. The van der Waals surface area contributed by atoms with E-state index in [1.54, 1.807) is 17.9 Å². The van der Waals surface area contributed by atoms with Gasteiger partial charge in [0.1, 0.15) is 5.56 Å². The van der Waals surface area contributed by atoms with E-state index in [0.717, 1.165) is 12.8 Å². The van der Waals surface area contributed by atoms with Crippen LogP contribution in [-0.4, -0.2) is 39.8 Å². The minimum absolute atomic E-state index is 0.0745. The molecule has 1 saturated carbocycles. The van der Waals surface area contributed by atoms with Crippen LogP contribution in [0.25, 0.3) is 10.6 Å². The number of carbonyl (C=O) groups is 2. The number of pyridine rings is 1. The van der Waals surface area contributed by atoms with Gasteiger partial charge in [0.25, 0.3) is 5.91 Å². The zero-order valence-corrected chi connectivity index (χ0v) is 16.1. The number of rotatable bonds is 5. The monoisotopic (exact) mass is 389 g/mol. The Labute approximate surface area is 166 Å². The van der Waals surface area contributed by atoms with E-state index < -0.39 is 7.04 Å². The summed E-state index contributed by atoms with van der Waals surface area (Å²) in [5, 5.41) is 3.07. The molecule has 1 fully saturated rings. The second kappa shape index (κ2) is 6.60. The van der Waals surface area contributed by atoms with Crippen molar-refractivity contribution in [2.24, 2.45) is 5.92 Å².